The highest BCUT2D eigenvalue weighted by Crippen LogP contribution is 2.28. The number of nitrogens with zero attached hydrogens (tertiary/aromatic N) is 1. The SMILES string of the molecule is CCCc1nc2c(s1)[C@H](C)NCC2. The number of hydrogen-bond acceptors (Lipinski definition) is 3. The van der Waals surface area contributed by atoms with Crippen LogP contribution in [-0.2, 0) is 12.8 Å². The van der Waals surface area contributed by atoms with Gasteiger partial charge in [0.05, 0.1) is 10.7 Å². The Bertz CT molecular complexity index is 293. The Labute approximate surface area is 83.4 Å². The van der Waals surface area contributed by atoms with Gasteiger partial charge in [-0.2, -0.15) is 0 Å². The molecule has 0 bridgehead atoms. The van der Waals surface area contributed by atoms with Gasteiger partial charge in [-0.25, -0.2) is 4.98 Å². The molecular formula is C10H16N2S. The minimum atomic E-state index is 0.520. The maximum absolute atomic E-state index is 4.67. The molecule has 1 aliphatic rings. The van der Waals surface area contributed by atoms with E-state index in [0.29, 0.717) is 6.04 Å². The average molecular weight is 196 g/mol. The lowest BCUT2D eigenvalue weighted by atomic mass is 10.1. The molecule has 0 aliphatic carbocycles. The summed E-state index contributed by atoms with van der Waals surface area (Å²) in [7, 11) is 0. The van der Waals surface area contributed by atoms with Gasteiger partial charge in [0.25, 0.3) is 0 Å². The number of fused-ring (bicyclic) bond motifs is 1. The summed E-state index contributed by atoms with van der Waals surface area (Å²) < 4.78 is 0. The van der Waals surface area contributed by atoms with E-state index in [2.05, 4.69) is 24.1 Å². The van der Waals surface area contributed by atoms with Crippen LogP contribution in [0.15, 0.2) is 0 Å². The van der Waals surface area contributed by atoms with E-state index in [1.54, 1.807) is 0 Å². The summed E-state index contributed by atoms with van der Waals surface area (Å²) in [5, 5.41) is 4.79. The highest BCUT2D eigenvalue weighted by atomic mass is 32.1. The molecule has 0 fully saturated rings. The minimum absolute atomic E-state index is 0.520. The Balaban J connectivity index is 2.25. The Morgan fingerprint density at radius 1 is 1.62 bits per heavy atom. The Kier molecular flexibility index (Phi) is 2.65. The molecule has 1 atom stereocenters. The Hall–Kier alpha value is -0.410. The summed E-state index contributed by atoms with van der Waals surface area (Å²) in [6, 6.07) is 0.520. The van der Waals surface area contributed by atoms with Crippen molar-refractivity contribution in [1.29, 1.82) is 0 Å². The molecule has 1 aromatic heterocycles. The number of aryl methyl sites for hydroxylation is 1. The van der Waals surface area contributed by atoms with Gasteiger partial charge in [-0.15, -0.1) is 11.3 Å². The summed E-state index contributed by atoms with van der Waals surface area (Å²) in [5.74, 6) is 0. The van der Waals surface area contributed by atoms with Crippen LogP contribution in [-0.4, -0.2) is 11.5 Å². The van der Waals surface area contributed by atoms with Gasteiger partial charge < -0.3 is 5.32 Å². The molecule has 0 unspecified atom stereocenters. The summed E-state index contributed by atoms with van der Waals surface area (Å²) in [6.07, 6.45) is 3.46. The van der Waals surface area contributed by atoms with Gasteiger partial charge in [-0.1, -0.05) is 6.92 Å². The lowest BCUT2D eigenvalue weighted by Gasteiger charge is -2.18. The topological polar surface area (TPSA) is 24.9 Å². The van der Waals surface area contributed by atoms with Crippen LogP contribution in [0.1, 0.15) is 41.9 Å². The molecule has 2 rings (SSSR count). The molecule has 2 heterocycles. The third-order valence-electron chi connectivity index (χ3n) is 2.44. The fraction of sp³-hybridized carbons (Fsp3) is 0.700. The van der Waals surface area contributed by atoms with Crippen LogP contribution in [0, 0.1) is 0 Å². The smallest absolute Gasteiger partial charge is 0.0931 e. The first-order chi connectivity index (χ1) is 6.31. The molecule has 1 aliphatic heterocycles. The Morgan fingerprint density at radius 3 is 3.15 bits per heavy atom. The van der Waals surface area contributed by atoms with Crippen LogP contribution in [0.3, 0.4) is 0 Å². The molecule has 2 nitrogen and oxygen atoms in total. The van der Waals surface area contributed by atoms with E-state index in [1.807, 2.05) is 11.3 Å². The van der Waals surface area contributed by atoms with E-state index in [4.69, 9.17) is 0 Å². The molecule has 13 heavy (non-hydrogen) atoms. The zero-order valence-electron chi connectivity index (χ0n) is 8.26. The number of thiazole rings is 1. The number of hydrogen-bond donors (Lipinski definition) is 1. The lowest BCUT2D eigenvalue weighted by molar-refractivity contribution is 0.544. The average Bonchev–Trinajstić information content (AvgIpc) is 2.49. The molecule has 0 amide bonds. The van der Waals surface area contributed by atoms with Crippen molar-refractivity contribution in [3.05, 3.63) is 15.6 Å². The standard InChI is InChI=1S/C10H16N2S/c1-3-4-9-12-8-5-6-11-7(2)10(8)13-9/h7,11H,3-6H2,1-2H3/t7-/m0/s1. The number of rotatable bonds is 2. The second-order valence-corrected chi connectivity index (χ2v) is 4.71. The second kappa shape index (κ2) is 3.76. The fourth-order valence-electron chi connectivity index (χ4n) is 1.75. The van der Waals surface area contributed by atoms with Crippen molar-refractivity contribution in [3.8, 4) is 0 Å². The summed E-state index contributed by atoms with van der Waals surface area (Å²) in [5.41, 5.74) is 1.35. The third kappa shape index (κ3) is 1.76. The van der Waals surface area contributed by atoms with Crippen LogP contribution in [0.5, 0.6) is 0 Å². The van der Waals surface area contributed by atoms with Gasteiger partial charge in [-0.3, -0.25) is 0 Å². The van der Waals surface area contributed by atoms with E-state index >= 15 is 0 Å². The van der Waals surface area contributed by atoms with Crippen molar-refractivity contribution < 1.29 is 0 Å². The zero-order chi connectivity index (χ0) is 9.26. The molecular weight excluding hydrogens is 180 g/mol. The van der Waals surface area contributed by atoms with E-state index < -0.39 is 0 Å². The van der Waals surface area contributed by atoms with E-state index in [0.717, 1.165) is 19.4 Å². The van der Waals surface area contributed by atoms with Crippen LogP contribution in [0.2, 0.25) is 0 Å². The molecule has 1 aromatic rings. The van der Waals surface area contributed by atoms with Crippen molar-refractivity contribution in [3.63, 3.8) is 0 Å². The largest absolute Gasteiger partial charge is 0.309 e. The van der Waals surface area contributed by atoms with Gasteiger partial charge in [0, 0.05) is 23.9 Å². The fourth-order valence-corrected chi connectivity index (χ4v) is 2.99. The zero-order valence-corrected chi connectivity index (χ0v) is 9.08. The van der Waals surface area contributed by atoms with Gasteiger partial charge in [-0.05, 0) is 19.8 Å². The molecule has 0 spiro atoms. The van der Waals surface area contributed by atoms with Gasteiger partial charge in [0.2, 0.25) is 0 Å². The van der Waals surface area contributed by atoms with Crippen molar-refractivity contribution in [2.75, 3.05) is 6.54 Å². The molecule has 3 heteroatoms. The maximum atomic E-state index is 4.67. The first kappa shape index (κ1) is 9.16. The van der Waals surface area contributed by atoms with E-state index in [1.165, 1.54) is 22.0 Å². The minimum Gasteiger partial charge on any atom is -0.309 e. The van der Waals surface area contributed by atoms with Crippen molar-refractivity contribution >= 4 is 11.3 Å². The Morgan fingerprint density at radius 2 is 2.46 bits per heavy atom. The first-order valence-electron chi connectivity index (χ1n) is 5.03. The summed E-state index contributed by atoms with van der Waals surface area (Å²) in [4.78, 5) is 6.14. The highest BCUT2D eigenvalue weighted by Gasteiger charge is 2.19. The van der Waals surface area contributed by atoms with Crippen molar-refractivity contribution in [1.82, 2.24) is 10.3 Å². The number of nitrogens with one attached hydrogen (secondary N) is 1. The monoisotopic (exact) mass is 196 g/mol. The number of aromatic nitrogens is 1. The molecule has 0 radical (unpaired) electrons. The predicted molar refractivity (Wildman–Crippen MR) is 56.2 cm³/mol. The molecule has 0 aromatic carbocycles. The summed E-state index contributed by atoms with van der Waals surface area (Å²) >= 11 is 1.89. The van der Waals surface area contributed by atoms with Crippen LogP contribution in [0.4, 0.5) is 0 Å². The van der Waals surface area contributed by atoms with Gasteiger partial charge in [0.1, 0.15) is 0 Å². The highest BCUT2D eigenvalue weighted by molar-refractivity contribution is 7.11. The lowest BCUT2D eigenvalue weighted by Crippen LogP contribution is -2.26. The van der Waals surface area contributed by atoms with Gasteiger partial charge >= 0.3 is 0 Å². The van der Waals surface area contributed by atoms with Gasteiger partial charge in [0.15, 0.2) is 0 Å². The van der Waals surface area contributed by atoms with E-state index in [9.17, 15) is 0 Å². The molecule has 0 saturated heterocycles. The first-order valence-corrected chi connectivity index (χ1v) is 5.84. The molecule has 1 N–H and O–H groups in total. The second-order valence-electron chi connectivity index (χ2n) is 3.59. The quantitative estimate of drug-likeness (QED) is 0.785. The maximum Gasteiger partial charge on any atom is 0.0931 e. The van der Waals surface area contributed by atoms with Crippen molar-refractivity contribution in [2.24, 2.45) is 0 Å². The normalized spacial score (nSPS) is 21.5. The molecule has 0 saturated carbocycles. The third-order valence-corrected chi connectivity index (χ3v) is 3.78. The predicted octanol–water partition coefficient (Wildman–Crippen LogP) is 2.30. The van der Waals surface area contributed by atoms with Crippen LogP contribution >= 0.6 is 11.3 Å². The van der Waals surface area contributed by atoms with Crippen LogP contribution < -0.4 is 5.32 Å². The van der Waals surface area contributed by atoms with E-state index in [-0.39, 0.29) is 0 Å². The van der Waals surface area contributed by atoms with Crippen LogP contribution in [0.25, 0.3) is 0 Å². The molecule has 72 valence electrons. The van der Waals surface area contributed by atoms with Crippen molar-refractivity contribution in [2.45, 2.75) is 39.2 Å². The summed E-state index contributed by atoms with van der Waals surface area (Å²) in [6.45, 7) is 5.53.